The molecule has 3 nitrogen and oxygen atoms in total. The standard InChI is InChI=1S/C17H18ClN3/c1-2-3-9-17-20-14-11-19-16(18)10-15(14)21(17)12-13-7-5-4-6-8-13/h4-8,10-11H,2-3,9,12H2,1H3. The van der Waals surface area contributed by atoms with Crippen LogP contribution in [0, 0.1) is 0 Å². The normalized spacial score (nSPS) is 11.1. The molecule has 3 rings (SSSR count). The highest BCUT2D eigenvalue weighted by atomic mass is 35.5. The molecule has 2 heterocycles. The van der Waals surface area contributed by atoms with Gasteiger partial charge >= 0.3 is 0 Å². The van der Waals surface area contributed by atoms with Gasteiger partial charge < -0.3 is 4.57 Å². The van der Waals surface area contributed by atoms with Gasteiger partial charge in [-0.1, -0.05) is 55.3 Å². The van der Waals surface area contributed by atoms with Crippen LogP contribution in [0.1, 0.15) is 31.2 Å². The maximum Gasteiger partial charge on any atom is 0.131 e. The molecule has 0 unspecified atom stereocenters. The number of nitrogens with zero attached hydrogens (tertiary/aromatic N) is 3. The van der Waals surface area contributed by atoms with E-state index in [1.165, 1.54) is 5.56 Å². The Labute approximate surface area is 129 Å². The van der Waals surface area contributed by atoms with E-state index >= 15 is 0 Å². The maximum atomic E-state index is 6.06. The van der Waals surface area contributed by atoms with Crippen LogP contribution in [0.4, 0.5) is 0 Å². The van der Waals surface area contributed by atoms with E-state index in [2.05, 4.69) is 40.7 Å². The topological polar surface area (TPSA) is 30.7 Å². The Hall–Kier alpha value is -1.87. The molecular formula is C17H18ClN3. The van der Waals surface area contributed by atoms with Gasteiger partial charge in [-0.15, -0.1) is 0 Å². The largest absolute Gasteiger partial charge is 0.323 e. The van der Waals surface area contributed by atoms with Crippen LogP contribution in [-0.2, 0) is 13.0 Å². The van der Waals surface area contributed by atoms with Gasteiger partial charge in [-0.2, -0.15) is 0 Å². The van der Waals surface area contributed by atoms with Crippen molar-refractivity contribution >= 4 is 22.6 Å². The van der Waals surface area contributed by atoms with Gasteiger partial charge in [-0.25, -0.2) is 9.97 Å². The predicted octanol–water partition coefficient (Wildman–Crippen LogP) is 4.48. The van der Waals surface area contributed by atoms with Crippen LogP contribution >= 0.6 is 11.6 Å². The van der Waals surface area contributed by atoms with Gasteiger partial charge in [0.25, 0.3) is 0 Å². The van der Waals surface area contributed by atoms with Crippen LogP contribution in [0.2, 0.25) is 5.15 Å². The van der Waals surface area contributed by atoms with E-state index in [4.69, 9.17) is 16.6 Å². The Morgan fingerprint density at radius 1 is 1.19 bits per heavy atom. The third-order valence-corrected chi connectivity index (χ3v) is 3.82. The molecule has 4 heteroatoms. The minimum atomic E-state index is 0.513. The van der Waals surface area contributed by atoms with Gasteiger partial charge in [0.05, 0.1) is 11.7 Å². The molecule has 108 valence electrons. The summed E-state index contributed by atoms with van der Waals surface area (Å²) < 4.78 is 2.26. The highest BCUT2D eigenvalue weighted by Crippen LogP contribution is 2.21. The molecule has 0 amide bonds. The van der Waals surface area contributed by atoms with Crippen molar-refractivity contribution in [1.29, 1.82) is 0 Å². The Morgan fingerprint density at radius 2 is 2.00 bits per heavy atom. The SMILES string of the molecule is CCCCc1nc2cnc(Cl)cc2n1Cc1ccccc1. The fourth-order valence-corrected chi connectivity index (χ4v) is 2.67. The number of halogens is 1. The lowest BCUT2D eigenvalue weighted by molar-refractivity contribution is 0.690. The smallest absolute Gasteiger partial charge is 0.131 e. The summed E-state index contributed by atoms with van der Waals surface area (Å²) in [4.78, 5) is 8.87. The molecule has 0 aliphatic carbocycles. The van der Waals surface area contributed by atoms with Crippen molar-refractivity contribution in [3.63, 3.8) is 0 Å². The van der Waals surface area contributed by atoms with Crippen LogP contribution in [0.5, 0.6) is 0 Å². The summed E-state index contributed by atoms with van der Waals surface area (Å²) in [7, 11) is 0. The minimum absolute atomic E-state index is 0.513. The molecule has 1 aromatic carbocycles. The van der Waals surface area contributed by atoms with Crippen molar-refractivity contribution in [2.45, 2.75) is 32.7 Å². The van der Waals surface area contributed by atoms with E-state index in [1.807, 2.05) is 12.1 Å². The number of aromatic nitrogens is 3. The average Bonchev–Trinajstić information content (AvgIpc) is 2.84. The van der Waals surface area contributed by atoms with E-state index in [-0.39, 0.29) is 0 Å². The van der Waals surface area contributed by atoms with Gasteiger partial charge in [-0.05, 0) is 12.0 Å². The fourth-order valence-electron chi connectivity index (χ4n) is 2.52. The zero-order chi connectivity index (χ0) is 14.7. The summed E-state index contributed by atoms with van der Waals surface area (Å²) in [5, 5.41) is 0.513. The molecule has 0 aliphatic heterocycles. The zero-order valence-corrected chi connectivity index (χ0v) is 12.8. The van der Waals surface area contributed by atoms with E-state index in [1.54, 1.807) is 6.20 Å². The molecule has 0 bridgehead atoms. The first-order valence-electron chi connectivity index (χ1n) is 7.32. The minimum Gasteiger partial charge on any atom is -0.323 e. The summed E-state index contributed by atoms with van der Waals surface area (Å²) in [6, 6.07) is 12.3. The number of benzene rings is 1. The first kappa shape index (κ1) is 14.1. The summed E-state index contributed by atoms with van der Waals surface area (Å²) in [6.45, 7) is 3.01. The van der Waals surface area contributed by atoms with E-state index in [0.29, 0.717) is 5.15 Å². The molecule has 21 heavy (non-hydrogen) atoms. The van der Waals surface area contributed by atoms with Crippen molar-refractivity contribution in [1.82, 2.24) is 14.5 Å². The molecular weight excluding hydrogens is 282 g/mol. The lowest BCUT2D eigenvalue weighted by Crippen LogP contribution is -2.05. The monoisotopic (exact) mass is 299 g/mol. The number of aryl methyl sites for hydroxylation is 1. The number of rotatable bonds is 5. The fraction of sp³-hybridized carbons (Fsp3) is 0.294. The van der Waals surface area contributed by atoms with Crippen molar-refractivity contribution < 1.29 is 0 Å². The molecule has 2 aromatic heterocycles. The molecule has 0 atom stereocenters. The molecule has 0 radical (unpaired) electrons. The highest BCUT2D eigenvalue weighted by molar-refractivity contribution is 6.29. The quantitative estimate of drug-likeness (QED) is 0.651. The van der Waals surface area contributed by atoms with Crippen LogP contribution in [-0.4, -0.2) is 14.5 Å². The van der Waals surface area contributed by atoms with Crippen molar-refractivity contribution in [3.05, 3.63) is 59.1 Å². The van der Waals surface area contributed by atoms with Gasteiger partial charge in [0.1, 0.15) is 16.5 Å². The molecule has 3 aromatic rings. The van der Waals surface area contributed by atoms with Crippen molar-refractivity contribution in [2.75, 3.05) is 0 Å². The third kappa shape index (κ3) is 3.08. The van der Waals surface area contributed by atoms with Gasteiger partial charge in [-0.3, -0.25) is 0 Å². The molecule has 0 aliphatic rings. The number of pyridine rings is 1. The number of hydrogen-bond donors (Lipinski definition) is 0. The van der Waals surface area contributed by atoms with Gasteiger partial charge in [0.15, 0.2) is 0 Å². The first-order valence-corrected chi connectivity index (χ1v) is 7.70. The van der Waals surface area contributed by atoms with Gasteiger partial charge in [0.2, 0.25) is 0 Å². The molecule has 0 N–H and O–H groups in total. The number of unbranched alkanes of at least 4 members (excludes halogenated alkanes) is 1. The lowest BCUT2D eigenvalue weighted by atomic mass is 10.2. The second-order valence-electron chi connectivity index (χ2n) is 5.20. The summed E-state index contributed by atoms with van der Waals surface area (Å²) in [5.41, 5.74) is 3.24. The molecule has 0 saturated carbocycles. The second kappa shape index (κ2) is 6.27. The summed E-state index contributed by atoms with van der Waals surface area (Å²) in [5.74, 6) is 1.11. The maximum absolute atomic E-state index is 6.06. The van der Waals surface area contributed by atoms with E-state index < -0.39 is 0 Å². The zero-order valence-electron chi connectivity index (χ0n) is 12.1. The van der Waals surface area contributed by atoms with Gasteiger partial charge in [0, 0.05) is 19.0 Å². The number of imidazole rings is 1. The Bertz CT molecular complexity index is 734. The van der Waals surface area contributed by atoms with E-state index in [9.17, 15) is 0 Å². The van der Waals surface area contributed by atoms with Crippen molar-refractivity contribution in [2.24, 2.45) is 0 Å². The molecule has 0 saturated heterocycles. The Morgan fingerprint density at radius 3 is 2.76 bits per heavy atom. The Balaban J connectivity index is 2.05. The van der Waals surface area contributed by atoms with Crippen LogP contribution < -0.4 is 0 Å². The predicted molar refractivity (Wildman–Crippen MR) is 86.7 cm³/mol. The average molecular weight is 300 g/mol. The number of fused-ring (bicyclic) bond motifs is 1. The van der Waals surface area contributed by atoms with Crippen LogP contribution in [0.3, 0.4) is 0 Å². The van der Waals surface area contributed by atoms with E-state index in [0.717, 1.165) is 42.7 Å². The molecule has 0 fully saturated rings. The van der Waals surface area contributed by atoms with Crippen LogP contribution in [0.15, 0.2) is 42.6 Å². The highest BCUT2D eigenvalue weighted by Gasteiger charge is 2.11. The van der Waals surface area contributed by atoms with Crippen LogP contribution in [0.25, 0.3) is 11.0 Å². The summed E-state index contributed by atoms with van der Waals surface area (Å²) in [6.07, 6.45) is 5.04. The number of hydrogen-bond acceptors (Lipinski definition) is 2. The lowest BCUT2D eigenvalue weighted by Gasteiger charge is -2.09. The van der Waals surface area contributed by atoms with Crippen molar-refractivity contribution in [3.8, 4) is 0 Å². The molecule has 0 spiro atoms. The first-order chi connectivity index (χ1) is 10.3. The summed E-state index contributed by atoms with van der Waals surface area (Å²) >= 11 is 6.06. The third-order valence-electron chi connectivity index (χ3n) is 3.62. The second-order valence-corrected chi connectivity index (χ2v) is 5.59. The Kier molecular flexibility index (Phi) is 4.20.